The number of allylic oxidation sites excluding steroid dienone is 10. The number of hydrogen-bond acceptors (Lipinski definition) is 2. The molecule has 3 aromatic rings. The van der Waals surface area contributed by atoms with E-state index in [1.165, 1.54) is 67.6 Å². The number of para-hydroxylation sites is 2. The van der Waals surface area contributed by atoms with Gasteiger partial charge >= 0.3 is 0 Å². The van der Waals surface area contributed by atoms with Crippen molar-refractivity contribution in [3.8, 4) is 0 Å². The molecule has 48 heavy (non-hydrogen) atoms. The summed E-state index contributed by atoms with van der Waals surface area (Å²) in [7, 11) is 4.50. The molecule has 0 spiro atoms. The van der Waals surface area contributed by atoms with Crippen LogP contribution >= 0.6 is 0 Å². The Hall–Kier alpha value is -4.63. The van der Waals surface area contributed by atoms with E-state index in [0.29, 0.717) is 6.04 Å². The smallest absolute Gasteiger partial charge is 0.218 e. The summed E-state index contributed by atoms with van der Waals surface area (Å²) in [5.74, 6) is 0. The molecule has 0 radical (unpaired) electrons. The molecule has 244 valence electrons. The van der Waals surface area contributed by atoms with E-state index in [2.05, 4.69) is 185 Å². The van der Waals surface area contributed by atoms with Gasteiger partial charge in [0.25, 0.3) is 0 Å². The molecule has 2 aliphatic carbocycles. The van der Waals surface area contributed by atoms with Gasteiger partial charge in [-0.25, -0.2) is 0 Å². The van der Waals surface area contributed by atoms with Crippen molar-refractivity contribution in [2.24, 2.45) is 5.41 Å². The Kier molecular flexibility index (Phi) is 8.06. The lowest BCUT2D eigenvalue weighted by Crippen LogP contribution is -2.25. The summed E-state index contributed by atoms with van der Waals surface area (Å²) in [6.45, 7) is 13.9. The van der Waals surface area contributed by atoms with Gasteiger partial charge in [0, 0.05) is 77.4 Å². The molecule has 1 saturated heterocycles. The lowest BCUT2D eigenvalue weighted by atomic mass is 9.78. The molecule has 1 saturated carbocycles. The molecule has 3 nitrogen and oxygen atoms in total. The third kappa shape index (κ3) is 5.34. The lowest BCUT2D eigenvalue weighted by Gasteiger charge is -2.24. The van der Waals surface area contributed by atoms with Crippen molar-refractivity contribution in [1.82, 2.24) is 9.48 Å². The average molecular weight is 633 g/mol. The van der Waals surface area contributed by atoms with Crippen LogP contribution in [0.1, 0.15) is 65.0 Å². The van der Waals surface area contributed by atoms with Crippen LogP contribution in [-0.2, 0) is 5.41 Å². The van der Waals surface area contributed by atoms with Gasteiger partial charge in [0.2, 0.25) is 17.1 Å². The molecule has 0 aromatic heterocycles. The van der Waals surface area contributed by atoms with Crippen LogP contribution < -0.4 is 9.48 Å². The second-order valence-electron chi connectivity index (χ2n) is 15.1. The normalized spacial score (nSPS) is 24.4. The number of likely N-dealkylation sites (N-methyl/N-ethyl adjacent to an activating group) is 2. The van der Waals surface area contributed by atoms with E-state index in [1.54, 1.807) is 0 Å². The number of likely N-dealkylation sites (tertiary alicyclic amines) is 1. The first-order valence-electron chi connectivity index (χ1n) is 17.6. The minimum Gasteiger partial charge on any atom is -0.370 e. The second-order valence-corrected chi connectivity index (χ2v) is 15.1. The predicted octanol–water partition coefficient (Wildman–Crippen LogP) is 10.7. The van der Waals surface area contributed by atoms with Crippen molar-refractivity contribution in [1.29, 1.82) is 0 Å². The molecule has 2 aliphatic heterocycles. The van der Waals surface area contributed by atoms with E-state index in [-0.39, 0.29) is 10.8 Å². The first kappa shape index (κ1) is 31.9. The third-order valence-electron chi connectivity index (χ3n) is 11.2. The molecule has 3 aromatic carbocycles. The molecule has 0 bridgehead atoms. The van der Waals surface area contributed by atoms with Gasteiger partial charge in [-0.15, -0.1) is 0 Å². The van der Waals surface area contributed by atoms with Crippen LogP contribution in [0.4, 0.5) is 17.1 Å². The summed E-state index contributed by atoms with van der Waals surface area (Å²) in [5, 5.41) is 0. The van der Waals surface area contributed by atoms with Gasteiger partial charge in [0.1, 0.15) is 0 Å². The van der Waals surface area contributed by atoms with Crippen LogP contribution in [0.2, 0.25) is 0 Å². The van der Waals surface area contributed by atoms with Crippen molar-refractivity contribution in [2.75, 3.05) is 19.0 Å². The summed E-state index contributed by atoms with van der Waals surface area (Å²) in [6, 6.07) is 29.0. The monoisotopic (exact) mass is 632 g/mol. The fourth-order valence-electron chi connectivity index (χ4n) is 8.57. The summed E-state index contributed by atoms with van der Waals surface area (Å²) in [5.41, 5.74) is 15.9. The van der Waals surface area contributed by atoms with E-state index < -0.39 is 0 Å². The molecule has 1 unspecified atom stereocenters. The summed E-state index contributed by atoms with van der Waals surface area (Å²) < 4.78 is 2.47. The van der Waals surface area contributed by atoms with Crippen molar-refractivity contribution in [2.45, 2.75) is 72.3 Å². The highest BCUT2D eigenvalue weighted by atomic mass is 15.2. The number of nitrogens with zero attached hydrogens (tertiary/aromatic N) is 3. The van der Waals surface area contributed by atoms with E-state index in [9.17, 15) is 0 Å². The number of fused-ring (bicyclic) bond motifs is 2. The maximum absolute atomic E-state index is 2.52. The molecule has 4 aliphatic rings. The topological polar surface area (TPSA) is 9.49 Å². The Morgan fingerprint density at radius 3 is 1.90 bits per heavy atom. The molecular weight excluding hydrogens is 583 g/mol. The Morgan fingerprint density at radius 1 is 0.708 bits per heavy atom. The summed E-state index contributed by atoms with van der Waals surface area (Å²) in [4.78, 5) is 4.90. The highest BCUT2D eigenvalue weighted by molar-refractivity contribution is 6.17. The molecule has 0 N–H and O–H groups in total. The van der Waals surface area contributed by atoms with Crippen LogP contribution in [0.5, 0.6) is 0 Å². The van der Waals surface area contributed by atoms with Gasteiger partial charge < -0.3 is 9.80 Å². The maximum atomic E-state index is 2.52. The van der Waals surface area contributed by atoms with Gasteiger partial charge in [-0.05, 0) is 62.5 Å². The number of hydrogen-bond donors (Lipinski definition) is 0. The molecular formula is C45H50N3+. The highest BCUT2D eigenvalue weighted by Gasteiger charge is 2.45. The minimum absolute atomic E-state index is 0.0155. The summed E-state index contributed by atoms with van der Waals surface area (Å²) in [6.07, 6.45) is 17.5. The number of rotatable bonds is 4. The maximum Gasteiger partial charge on any atom is 0.218 e. The highest BCUT2D eigenvalue weighted by Crippen LogP contribution is 2.50. The van der Waals surface area contributed by atoms with Crippen molar-refractivity contribution in [3.63, 3.8) is 0 Å². The van der Waals surface area contributed by atoms with Gasteiger partial charge in [-0.2, -0.15) is 4.58 Å². The second kappa shape index (κ2) is 12.1. The molecule has 2 heterocycles. The first-order chi connectivity index (χ1) is 23.0. The van der Waals surface area contributed by atoms with Crippen LogP contribution in [0.3, 0.4) is 0 Å². The van der Waals surface area contributed by atoms with Gasteiger partial charge in [-0.1, -0.05) is 112 Å². The zero-order valence-corrected chi connectivity index (χ0v) is 30.0. The zero-order chi connectivity index (χ0) is 33.8. The first-order valence-corrected chi connectivity index (χ1v) is 17.6. The Morgan fingerprint density at radius 2 is 1.29 bits per heavy atom. The van der Waals surface area contributed by atoms with Crippen LogP contribution in [-0.4, -0.2) is 30.7 Å². The zero-order valence-electron chi connectivity index (χ0n) is 30.0. The van der Waals surface area contributed by atoms with Gasteiger partial charge in [0.15, 0.2) is 0 Å². The quantitative estimate of drug-likeness (QED) is 0.265. The van der Waals surface area contributed by atoms with E-state index in [0.717, 1.165) is 19.3 Å². The van der Waals surface area contributed by atoms with Crippen LogP contribution in [0.15, 0.2) is 149 Å². The van der Waals surface area contributed by atoms with Crippen molar-refractivity contribution in [3.05, 3.63) is 160 Å². The largest absolute Gasteiger partial charge is 0.370 e. The SMILES string of the molecule is CC1=CCC2C(=C1)C(C)(C)C(=CC=C1CC/C(=C\C=C3\N(C)c4ccc(C)cc4C3(C)C)C1=[N+](c1ccccc1)c1ccccc1)N2C. The minimum atomic E-state index is -0.0785. The van der Waals surface area contributed by atoms with Crippen molar-refractivity contribution < 1.29 is 0 Å². The Labute approximate surface area is 288 Å². The average Bonchev–Trinajstić information content (AvgIpc) is 3.61. The third-order valence-corrected chi connectivity index (χ3v) is 11.2. The number of benzene rings is 3. The fraction of sp³-hybridized carbons (Fsp3) is 0.311. The lowest BCUT2D eigenvalue weighted by molar-refractivity contribution is 0.370. The molecule has 0 amide bonds. The van der Waals surface area contributed by atoms with Crippen LogP contribution in [0, 0.1) is 12.3 Å². The fourth-order valence-corrected chi connectivity index (χ4v) is 8.57. The molecule has 7 rings (SSSR count). The standard InChI is InChI=1S/C45H50N3/c1-31-19-25-39-37(29-31)44(3,4)41(46(39)7)27-23-33-21-22-34(24-28-42-45(5,6)38-30-32(2)20-26-40(38)47(42)8)43(33)48(35-15-11-9-12-16-35)36-17-13-10-14-18-36/h9-20,23-25,27-30,40H,21-22,26H2,1-8H3/q+1. The summed E-state index contributed by atoms with van der Waals surface area (Å²) >= 11 is 0. The molecule has 3 heteroatoms. The Balaban J connectivity index is 1.40. The van der Waals surface area contributed by atoms with E-state index in [4.69, 9.17) is 0 Å². The molecule has 2 fully saturated rings. The number of aryl methyl sites for hydroxylation is 1. The van der Waals surface area contributed by atoms with Crippen molar-refractivity contribution >= 4 is 22.8 Å². The van der Waals surface area contributed by atoms with E-state index >= 15 is 0 Å². The Bertz CT molecular complexity index is 1930. The van der Waals surface area contributed by atoms with Crippen LogP contribution in [0.25, 0.3) is 0 Å². The van der Waals surface area contributed by atoms with Gasteiger partial charge in [-0.3, -0.25) is 0 Å². The molecule has 1 atom stereocenters. The number of anilines is 1. The van der Waals surface area contributed by atoms with Gasteiger partial charge in [0.05, 0.1) is 6.04 Å². The van der Waals surface area contributed by atoms with E-state index in [1.807, 2.05) is 0 Å². The predicted molar refractivity (Wildman–Crippen MR) is 205 cm³/mol.